The van der Waals surface area contributed by atoms with Gasteiger partial charge in [0.05, 0.1) is 0 Å². The lowest BCUT2D eigenvalue weighted by Gasteiger charge is -2.13. The first kappa shape index (κ1) is 11.7. The van der Waals surface area contributed by atoms with Gasteiger partial charge in [0.25, 0.3) is 0 Å². The average Bonchev–Trinajstić information content (AvgIpc) is 2.11. The lowest BCUT2D eigenvalue weighted by Crippen LogP contribution is -2.44. The SMILES string of the molecule is CCCC[C@H](NC(=O)NC)C(=O)O. The first-order chi connectivity index (χ1) is 6.11. The number of hydrogen-bond acceptors (Lipinski definition) is 2. The van der Waals surface area contributed by atoms with Crippen molar-refractivity contribution in [2.45, 2.75) is 32.2 Å². The fraction of sp³-hybridized carbons (Fsp3) is 0.750. The third kappa shape index (κ3) is 5.05. The zero-order valence-corrected chi connectivity index (χ0v) is 7.96. The van der Waals surface area contributed by atoms with E-state index in [0.29, 0.717) is 6.42 Å². The minimum Gasteiger partial charge on any atom is -0.480 e. The maximum absolute atomic E-state index is 10.8. The first-order valence-electron chi connectivity index (χ1n) is 4.32. The summed E-state index contributed by atoms with van der Waals surface area (Å²) >= 11 is 0. The van der Waals surface area contributed by atoms with Gasteiger partial charge in [0, 0.05) is 7.05 Å². The van der Waals surface area contributed by atoms with E-state index in [1.165, 1.54) is 7.05 Å². The molecule has 0 unspecified atom stereocenters. The molecule has 0 fully saturated rings. The van der Waals surface area contributed by atoms with Gasteiger partial charge in [-0.3, -0.25) is 0 Å². The van der Waals surface area contributed by atoms with Crippen LogP contribution in [0.5, 0.6) is 0 Å². The Hall–Kier alpha value is -1.26. The molecule has 5 nitrogen and oxygen atoms in total. The number of aliphatic carboxylic acids is 1. The molecule has 0 bridgehead atoms. The molecular formula is C8H16N2O3. The second kappa shape index (κ2) is 6.28. The van der Waals surface area contributed by atoms with Crippen molar-refractivity contribution in [2.75, 3.05) is 7.05 Å². The monoisotopic (exact) mass is 188 g/mol. The van der Waals surface area contributed by atoms with Crippen molar-refractivity contribution in [3.8, 4) is 0 Å². The fourth-order valence-corrected chi connectivity index (χ4v) is 0.896. The number of unbranched alkanes of at least 4 members (excludes halogenated alkanes) is 1. The van der Waals surface area contributed by atoms with Crippen LogP contribution in [0.3, 0.4) is 0 Å². The fourth-order valence-electron chi connectivity index (χ4n) is 0.896. The van der Waals surface area contributed by atoms with Crippen LogP contribution in [0, 0.1) is 0 Å². The molecule has 0 saturated heterocycles. The first-order valence-corrected chi connectivity index (χ1v) is 4.32. The molecule has 0 aromatic rings. The molecule has 0 aromatic carbocycles. The molecule has 0 saturated carbocycles. The van der Waals surface area contributed by atoms with Gasteiger partial charge in [0.15, 0.2) is 0 Å². The topological polar surface area (TPSA) is 78.4 Å². The molecule has 1 atom stereocenters. The molecule has 0 aliphatic heterocycles. The Balaban J connectivity index is 3.94. The summed E-state index contributed by atoms with van der Waals surface area (Å²) in [7, 11) is 1.45. The zero-order valence-electron chi connectivity index (χ0n) is 7.96. The smallest absolute Gasteiger partial charge is 0.326 e. The number of carboxylic acids is 1. The van der Waals surface area contributed by atoms with E-state index in [-0.39, 0.29) is 0 Å². The van der Waals surface area contributed by atoms with E-state index in [2.05, 4.69) is 10.6 Å². The molecular weight excluding hydrogens is 172 g/mol. The van der Waals surface area contributed by atoms with Crippen LogP contribution in [0.1, 0.15) is 26.2 Å². The molecule has 0 aliphatic carbocycles. The van der Waals surface area contributed by atoms with Crippen LogP contribution in [0.4, 0.5) is 4.79 Å². The maximum Gasteiger partial charge on any atom is 0.326 e. The van der Waals surface area contributed by atoms with Gasteiger partial charge in [0.2, 0.25) is 0 Å². The van der Waals surface area contributed by atoms with Crippen LogP contribution in [0.25, 0.3) is 0 Å². The van der Waals surface area contributed by atoms with E-state index < -0.39 is 18.0 Å². The van der Waals surface area contributed by atoms with E-state index in [0.717, 1.165) is 12.8 Å². The molecule has 0 aliphatic rings. The summed E-state index contributed by atoms with van der Waals surface area (Å²) < 4.78 is 0. The highest BCUT2D eigenvalue weighted by atomic mass is 16.4. The van der Waals surface area contributed by atoms with E-state index in [1.807, 2.05) is 6.92 Å². The summed E-state index contributed by atoms with van der Waals surface area (Å²) in [5, 5.41) is 13.4. The Morgan fingerprint density at radius 3 is 2.46 bits per heavy atom. The van der Waals surface area contributed by atoms with Gasteiger partial charge >= 0.3 is 12.0 Å². The van der Waals surface area contributed by atoms with Crippen LogP contribution in [-0.4, -0.2) is 30.2 Å². The van der Waals surface area contributed by atoms with Crippen LogP contribution in [0.2, 0.25) is 0 Å². The van der Waals surface area contributed by atoms with Crippen molar-refractivity contribution >= 4 is 12.0 Å². The van der Waals surface area contributed by atoms with Crippen LogP contribution in [0.15, 0.2) is 0 Å². The number of nitrogens with one attached hydrogen (secondary N) is 2. The molecule has 0 heterocycles. The minimum absolute atomic E-state index is 0.455. The van der Waals surface area contributed by atoms with Crippen molar-refractivity contribution in [3.63, 3.8) is 0 Å². The number of hydrogen-bond donors (Lipinski definition) is 3. The van der Waals surface area contributed by atoms with E-state index in [1.54, 1.807) is 0 Å². The summed E-state index contributed by atoms with van der Waals surface area (Å²) in [5.41, 5.74) is 0. The molecule has 76 valence electrons. The molecule has 13 heavy (non-hydrogen) atoms. The average molecular weight is 188 g/mol. The number of urea groups is 1. The predicted molar refractivity (Wildman–Crippen MR) is 48.5 cm³/mol. The van der Waals surface area contributed by atoms with Gasteiger partial charge in [-0.15, -0.1) is 0 Å². The maximum atomic E-state index is 10.8. The van der Waals surface area contributed by atoms with Gasteiger partial charge < -0.3 is 15.7 Å². The van der Waals surface area contributed by atoms with Crippen LogP contribution < -0.4 is 10.6 Å². The van der Waals surface area contributed by atoms with Gasteiger partial charge in [-0.1, -0.05) is 19.8 Å². The lowest BCUT2D eigenvalue weighted by atomic mass is 10.1. The number of rotatable bonds is 5. The predicted octanol–water partition coefficient (Wildman–Crippen LogP) is 0.559. The normalized spacial score (nSPS) is 11.8. The van der Waals surface area contributed by atoms with Gasteiger partial charge in [0.1, 0.15) is 6.04 Å². The van der Waals surface area contributed by atoms with Crippen molar-refractivity contribution in [2.24, 2.45) is 0 Å². The number of carboxylic acid groups (broad SMARTS) is 1. The second-order valence-corrected chi connectivity index (χ2v) is 2.76. The number of carbonyl (C=O) groups excluding carboxylic acids is 1. The summed E-state index contributed by atoms with van der Waals surface area (Å²) in [4.78, 5) is 21.4. The van der Waals surface area contributed by atoms with Gasteiger partial charge in [-0.05, 0) is 6.42 Å². The highest BCUT2D eigenvalue weighted by Gasteiger charge is 2.17. The summed E-state index contributed by atoms with van der Waals surface area (Å²) in [6.07, 6.45) is 2.18. The zero-order chi connectivity index (χ0) is 10.3. The molecule has 3 N–H and O–H groups in total. The number of carbonyl (C=O) groups is 2. The molecule has 0 spiro atoms. The summed E-state index contributed by atoms with van der Waals surface area (Å²) in [6.45, 7) is 1.97. The van der Waals surface area contributed by atoms with E-state index >= 15 is 0 Å². The third-order valence-corrected chi connectivity index (χ3v) is 1.68. The Morgan fingerprint density at radius 2 is 2.08 bits per heavy atom. The van der Waals surface area contributed by atoms with Crippen molar-refractivity contribution in [1.82, 2.24) is 10.6 Å². The van der Waals surface area contributed by atoms with E-state index in [4.69, 9.17) is 5.11 Å². The minimum atomic E-state index is -0.989. The second-order valence-electron chi connectivity index (χ2n) is 2.76. The molecule has 2 amide bonds. The van der Waals surface area contributed by atoms with Crippen molar-refractivity contribution in [3.05, 3.63) is 0 Å². The van der Waals surface area contributed by atoms with Crippen molar-refractivity contribution < 1.29 is 14.7 Å². The summed E-state index contributed by atoms with van der Waals surface area (Å²) in [5.74, 6) is -0.989. The highest BCUT2D eigenvalue weighted by molar-refractivity contribution is 5.82. The molecule has 0 aromatic heterocycles. The lowest BCUT2D eigenvalue weighted by molar-refractivity contribution is -0.139. The Labute approximate surface area is 77.5 Å². The highest BCUT2D eigenvalue weighted by Crippen LogP contribution is 2.00. The van der Waals surface area contributed by atoms with Crippen LogP contribution >= 0.6 is 0 Å². The third-order valence-electron chi connectivity index (χ3n) is 1.68. The van der Waals surface area contributed by atoms with Crippen molar-refractivity contribution in [1.29, 1.82) is 0 Å². The number of amides is 2. The molecule has 0 rings (SSSR count). The molecule has 5 heteroatoms. The van der Waals surface area contributed by atoms with E-state index in [9.17, 15) is 9.59 Å². The summed E-state index contributed by atoms with van der Waals surface area (Å²) in [6, 6.07) is -1.23. The van der Waals surface area contributed by atoms with Gasteiger partial charge in [-0.2, -0.15) is 0 Å². The quantitative estimate of drug-likeness (QED) is 0.589. The van der Waals surface area contributed by atoms with Gasteiger partial charge in [-0.25, -0.2) is 9.59 Å². The molecule has 0 radical (unpaired) electrons. The Morgan fingerprint density at radius 1 is 1.46 bits per heavy atom. The standard InChI is InChI=1S/C8H16N2O3/c1-3-4-5-6(7(11)12)10-8(13)9-2/h6H,3-5H2,1-2H3,(H,11,12)(H2,9,10,13)/t6-/m0/s1. The Bertz CT molecular complexity index is 182. The van der Waals surface area contributed by atoms with Crippen LogP contribution in [-0.2, 0) is 4.79 Å². The largest absolute Gasteiger partial charge is 0.480 e. The Kier molecular flexibility index (Phi) is 5.67.